The summed E-state index contributed by atoms with van der Waals surface area (Å²) in [6, 6.07) is 6.46. The third kappa shape index (κ3) is 5.60. The number of carbonyl (C=O) groups excluding carboxylic acids is 1. The van der Waals surface area contributed by atoms with Crippen LogP contribution in [0.2, 0.25) is 0 Å². The molecule has 2 N–H and O–H groups in total. The molecule has 1 fully saturated rings. The van der Waals surface area contributed by atoms with Gasteiger partial charge in [0.25, 0.3) is 5.91 Å². The van der Waals surface area contributed by atoms with Gasteiger partial charge in [0, 0.05) is 18.2 Å². The monoisotopic (exact) mass is 352 g/mol. The van der Waals surface area contributed by atoms with Crippen LogP contribution in [0.25, 0.3) is 0 Å². The Kier molecular flexibility index (Phi) is 6.80. The smallest absolute Gasteiger partial charge is 0.251 e. The number of sulfonamides is 1. The molecule has 2 rings (SSSR count). The Bertz CT molecular complexity index is 650. The van der Waals surface area contributed by atoms with Crippen molar-refractivity contribution in [2.45, 2.75) is 63.3 Å². The number of hydrogen-bond donors (Lipinski definition) is 2. The molecule has 1 aromatic rings. The van der Waals surface area contributed by atoms with Crippen LogP contribution in [0.4, 0.5) is 0 Å². The number of carbonyl (C=O) groups is 1. The lowest BCUT2D eigenvalue weighted by molar-refractivity contribution is 0.0927. The molecule has 0 radical (unpaired) electrons. The predicted octanol–water partition coefficient (Wildman–Crippen LogP) is 3.07. The molecule has 1 aliphatic rings. The van der Waals surface area contributed by atoms with Crippen LogP contribution >= 0.6 is 0 Å². The molecule has 5 nitrogen and oxygen atoms in total. The summed E-state index contributed by atoms with van der Waals surface area (Å²) in [4.78, 5) is 12.5. The second kappa shape index (κ2) is 8.62. The van der Waals surface area contributed by atoms with Crippen LogP contribution in [0, 0.1) is 5.92 Å². The summed E-state index contributed by atoms with van der Waals surface area (Å²) in [6.45, 7) is 4.49. The first-order valence-corrected chi connectivity index (χ1v) is 10.3. The average molecular weight is 353 g/mol. The molecule has 1 aromatic carbocycles. The molecule has 0 saturated heterocycles. The molecule has 24 heavy (non-hydrogen) atoms. The molecule has 0 spiro atoms. The molecule has 0 aromatic heterocycles. The van der Waals surface area contributed by atoms with E-state index >= 15 is 0 Å². The standard InChI is InChI=1S/C18H28N2O3S/c1-14(2)11-12-19-24(22,23)17-10-6-7-15(13-17)18(21)20-16-8-4-3-5-9-16/h6-7,10,13-14,16,19H,3-5,8-9,11-12H2,1-2H3,(H,20,21). The van der Waals surface area contributed by atoms with E-state index in [0.717, 1.165) is 32.1 Å². The fourth-order valence-corrected chi connectivity index (χ4v) is 3.98. The summed E-state index contributed by atoms with van der Waals surface area (Å²) >= 11 is 0. The molecule has 1 amide bonds. The van der Waals surface area contributed by atoms with Crippen LogP contribution in [0.15, 0.2) is 29.2 Å². The fraction of sp³-hybridized carbons (Fsp3) is 0.611. The number of rotatable bonds is 7. The fourth-order valence-electron chi connectivity index (χ4n) is 2.89. The van der Waals surface area contributed by atoms with Crippen molar-refractivity contribution >= 4 is 15.9 Å². The van der Waals surface area contributed by atoms with Crippen molar-refractivity contribution in [2.24, 2.45) is 5.92 Å². The van der Waals surface area contributed by atoms with E-state index in [1.165, 1.54) is 18.6 Å². The Labute approximate surface area is 145 Å². The largest absolute Gasteiger partial charge is 0.349 e. The highest BCUT2D eigenvalue weighted by Crippen LogP contribution is 2.18. The highest BCUT2D eigenvalue weighted by molar-refractivity contribution is 7.89. The van der Waals surface area contributed by atoms with Gasteiger partial charge in [-0.3, -0.25) is 4.79 Å². The molecular weight excluding hydrogens is 324 g/mol. The lowest BCUT2D eigenvalue weighted by Gasteiger charge is -2.22. The third-order valence-electron chi connectivity index (χ3n) is 4.36. The van der Waals surface area contributed by atoms with Gasteiger partial charge < -0.3 is 5.32 Å². The second-order valence-electron chi connectivity index (χ2n) is 6.92. The molecule has 0 heterocycles. The maximum absolute atomic E-state index is 12.4. The van der Waals surface area contributed by atoms with Crippen molar-refractivity contribution in [3.05, 3.63) is 29.8 Å². The second-order valence-corrected chi connectivity index (χ2v) is 8.68. The van der Waals surface area contributed by atoms with E-state index in [4.69, 9.17) is 0 Å². The minimum Gasteiger partial charge on any atom is -0.349 e. The third-order valence-corrected chi connectivity index (χ3v) is 5.82. The van der Waals surface area contributed by atoms with Gasteiger partial charge in [-0.2, -0.15) is 0 Å². The van der Waals surface area contributed by atoms with Gasteiger partial charge in [0.1, 0.15) is 0 Å². The van der Waals surface area contributed by atoms with Crippen LogP contribution in [0.1, 0.15) is 62.7 Å². The van der Waals surface area contributed by atoms with Crippen molar-refractivity contribution in [3.63, 3.8) is 0 Å². The molecule has 1 saturated carbocycles. The Balaban J connectivity index is 2.03. The zero-order valence-corrected chi connectivity index (χ0v) is 15.4. The summed E-state index contributed by atoms with van der Waals surface area (Å²) in [5.41, 5.74) is 0.396. The van der Waals surface area contributed by atoms with Crippen molar-refractivity contribution in [2.75, 3.05) is 6.54 Å². The molecule has 1 aliphatic carbocycles. The van der Waals surface area contributed by atoms with Crippen LogP contribution in [0.5, 0.6) is 0 Å². The van der Waals surface area contributed by atoms with E-state index in [1.54, 1.807) is 12.1 Å². The highest BCUT2D eigenvalue weighted by Gasteiger charge is 2.19. The van der Waals surface area contributed by atoms with Crippen LogP contribution in [-0.2, 0) is 10.0 Å². The maximum Gasteiger partial charge on any atom is 0.251 e. The Morgan fingerprint density at radius 3 is 2.58 bits per heavy atom. The van der Waals surface area contributed by atoms with Crippen molar-refractivity contribution in [1.29, 1.82) is 0 Å². The van der Waals surface area contributed by atoms with Crippen LogP contribution < -0.4 is 10.0 Å². The molecule has 0 unspecified atom stereocenters. The minimum absolute atomic E-state index is 0.141. The van der Waals surface area contributed by atoms with Crippen molar-refractivity contribution < 1.29 is 13.2 Å². The molecule has 0 atom stereocenters. The van der Waals surface area contributed by atoms with E-state index < -0.39 is 10.0 Å². The van der Waals surface area contributed by atoms with Gasteiger partial charge in [-0.15, -0.1) is 0 Å². The topological polar surface area (TPSA) is 75.3 Å². The molecule has 0 aliphatic heterocycles. The van der Waals surface area contributed by atoms with Gasteiger partial charge in [-0.05, 0) is 43.4 Å². The number of hydrogen-bond acceptors (Lipinski definition) is 3. The zero-order chi connectivity index (χ0) is 17.6. The van der Waals surface area contributed by atoms with Gasteiger partial charge in [-0.25, -0.2) is 13.1 Å². The maximum atomic E-state index is 12.4. The lowest BCUT2D eigenvalue weighted by Crippen LogP contribution is -2.36. The van der Waals surface area contributed by atoms with E-state index in [9.17, 15) is 13.2 Å². The average Bonchev–Trinajstić information content (AvgIpc) is 2.55. The molecular formula is C18H28N2O3S. The first-order valence-electron chi connectivity index (χ1n) is 8.79. The molecule has 6 heteroatoms. The summed E-state index contributed by atoms with van der Waals surface area (Å²) < 4.78 is 27.3. The van der Waals surface area contributed by atoms with Crippen molar-refractivity contribution in [3.8, 4) is 0 Å². The minimum atomic E-state index is -3.58. The van der Waals surface area contributed by atoms with Gasteiger partial charge in [0.05, 0.1) is 4.90 Å². The zero-order valence-electron chi connectivity index (χ0n) is 14.5. The first-order chi connectivity index (χ1) is 11.4. The van der Waals surface area contributed by atoms with Gasteiger partial charge in [0.2, 0.25) is 10.0 Å². The molecule has 134 valence electrons. The number of nitrogens with one attached hydrogen (secondary N) is 2. The summed E-state index contributed by atoms with van der Waals surface area (Å²) in [5, 5.41) is 3.02. The first kappa shape index (κ1) is 18.9. The van der Waals surface area contributed by atoms with Crippen molar-refractivity contribution in [1.82, 2.24) is 10.0 Å². The van der Waals surface area contributed by atoms with E-state index in [-0.39, 0.29) is 16.8 Å². The number of benzene rings is 1. The number of amides is 1. The van der Waals surface area contributed by atoms with Crippen LogP contribution in [0.3, 0.4) is 0 Å². The lowest BCUT2D eigenvalue weighted by atomic mass is 9.95. The SMILES string of the molecule is CC(C)CCNS(=O)(=O)c1cccc(C(=O)NC2CCCCC2)c1. The predicted molar refractivity (Wildman–Crippen MR) is 95.4 cm³/mol. The highest BCUT2D eigenvalue weighted by atomic mass is 32.2. The Morgan fingerprint density at radius 1 is 1.21 bits per heavy atom. The molecule has 0 bridgehead atoms. The van der Waals surface area contributed by atoms with Gasteiger partial charge in [0.15, 0.2) is 0 Å². The van der Waals surface area contributed by atoms with E-state index in [2.05, 4.69) is 10.0 Å². The Morgan fingerprint density at radius 2 is 1.92 bits per heavy atom. The normalized spacial score (nSPS) is 16.3. The van der Waals surface area contributed by atoms with E-state index in [0.29, 0.717) is 18.0 Å². The summed E-state index contributed by atoms with van der Waals surface area (Å²) in [7, 11) is -3.58. The van der Waals surface area contributed by atoms with Crippen LogP contribution in [-0.4, -0.2) is 26.9 Å². The van der Waals surface area contributed by atoms with Gasteiger partial charge in [-0.1, -0.05) is 39.2 Å². The Hall–Kier alpha value is -1.40. The summed E-state index contributed by atoms with van der Waals surface area (Å²) in [6.07, 6.45) is 6.28. The quantitative estimate of drug-likeness (QED) is 0.792. The summed E-state index contributed by atoms with van der Waals surface area (Å²) in [5.74, 6) is 0.237. The van der Waals surface area contributed by atoms with Gasteiger partial charge >= 0.3 is 0 Å². The van der Waals surface area contributed by atoms with E-state index in [1.807, 2.05) is 13.8 Å².